The van der Waals surface area contributed by atoms with E-state index in [2.05, 4.69) is 21.4 Å². The van der Waals surface area contributed by atoms with Crippen molar-refractivity contribution in [2.24, 2.45) is 5.10 Å². The number of fused-ring (bicyclic) bond motifs is 1. The molecule has 0 aliphatic carbocycles. The molecule has 0 amide bonds. The van der Waals surface area contributed by atoms with Crippen molar-refractivity contribution in [3.8, 4) is 23.8 Å². The predicted octanol–water partition coefficient (Wildman–Crippen LogP) is 3.27. The van der Waals surface area contributed by atoms with Gasteiger partial charge in [0.1, 0.15) is 6.61 Å². The lowest BCUT2D eigenvalue weighted by atomic mass is 10.2. The van der Waals surface area contributed by atoms with Crippen LogP contribution < -0.4 is 20.5 Å². The number of aromatic nitrogens is 2. The zero-order valence-electron chi connectivity index (χ0n) is 16.4. The maximum atomic E-state index is 12.6. The number of nitrogens with zero attached hydrogens (tertiary/aromatic N) is 3. The molecule has 0 radical (unpaired) electrons. The normalized spacial score (nSPS) is 10.8. The largest absolute Gasteiger partial charge is 0.490 e. The van der Waals surface area contributed by atoms with Crippen molar-refractivity contribution < 1.29 is 9.47 Å². The van der Waals surface area contributed by atoms with Crippen molar-refractivity contribution in [1.29, 1.82) is 0 Å². The molecule has 2 aromatic carbocycles. The second kappa shape index (κ2) is 9.42. The van der Waals surface area contributed by atoms with Crippen LogP contribution in [0.15, 0.2) is 52.4 Å². The fourth-order valence-electron chi connectivity index (χ4n) is 2.82. The first kappa shape index (κ1) is 20.0. The SMILES string of the molecule is C#CCOc1ccc(/C=N\Nc2nc3ccccc3c(=O)n2CC)cc1OCC. The Hall–Kier alpha value is -3.79. The van der Waals surface area contributed by atoms with Crippen LogP contribution in [-0.2, 0) is 6.54 Å². The van der Waals surface area contributed by atoms with Gasteiger partial charge in [0.25, 0.3) is 5.56 Å². The molecular weight excluding hydrogens is 368 g/mol. The second-order valence-electron chi connectivity index (χ2n) is 6.00. The first-order chi connectivity index (χ1) is 14.2. The third-order valence-electron chi connectivity index (χ3n) is 4.13. The molecule has 1 aromatic heterocycles. The van der Waals surface area contributed by atoms with Crippen molar-refractivity contribution in [1.82, 2.24) is 9.55 Å². The van der Waals surface area contributed by atoms with Crippen LogP contribution in [0.5, 0.6) is 11.5 Å². The molecule has 0 saturated heterocycles. The topological polar surface area (TPSA) is 77.7 Å². The van der Waals surface area contributed by atoms with Crippen molar-refractivity contribution in [2.75, 3.05) is 18.6 Å². The van der Waals surface area contributed by atoms with Crippen molar-refractivity contribution in [3.05, 3.63) is 58.4 Å². The number of hydrazone groups is 1. The fourth-order valence-corrected chi connectivity index (χ4v) is 2.82. The highest BCUT2D eigenvalue weighted by Crippen LogP contribution is 2.28. The van der Waals surface area contributed by atoms with E-state index in [0.29, 0.717) is 41.5 Å². The van der Waals surface area contributed by atoms with Crippen LogP contribution in [0.4, 0.5) is 5.95 Å². The molecular formula is C22H22N4O3. The third kappa shape index (κ3) is 4.55. The zero-order chi connectivity index (χ0) is 20.6. The molecule has 29 heavy (non-hydrogen) atoms. The van der Waals surface area contributed by atoms with E-state index in [-0.39, 0.29) is 12.2 Å². The molecule has 0 fully saturated rings. The molecule has 3 aromatic rings. The van der Waals surface area contributed by atoms with Crippen LogP contribution in [0, 0.1) is 12.3 Å². The van der Waals surface area contributed by atoms with E-state index in [1.807, 2.05) is 32.0 Å². The van der Waals surface area contributed by atoms with E-state index >= 15 is 0 Å². The molecule has 1 N–H and O–H groups in total. The Morgan fingerprint density at radius 3 is 2.79 bits per heavy atom. The lowest BCUT2D eigenvalue weighted by Gasteiger charge is -2.11. The van der Waals surface area contributed by atoms with Crippen LogP contribution in [0.3, 0.4) is 0 Å². The van der Waals surface area contributed by atoms with Crippen molar-refractivity contribution in [2.45, 2.75) is 20.4 Å². The van der Waals surface area contributed by atoms with Gasteiger partial charge in [0.2, 0.25) is 5.95 Å². The summed E-state index contributed by atoms with van der Waals surface area (Å²) in [4.78, 5) is 17.1. The minimum absolute atomic E-state index is 0.107. The molecule has 1 heterocycles. The summed E-state index contributed by atoms with van der Waals surface area (Å²) in [6.07, 6.45) is 6.86. The molecule has 0 aliphatic heterocycles. The Morgan fingerprint density at radius 1 is 1.21 bits per heavy atom. The number of nitrogens with one attached hydrogen (secondary N) is 1. The average Bonchev–Trinajstić information content (AvgIpc) is 2.74. The molecule has 7 nitrogen and oxygen atoms in total. The zero-order valence-corrected chi connectivity index (χ0v) is 16.4. The Balaban J connectivity index is 1.85. The van der Waals surface area contributed by atoms with Crippen LogP contribution in [0.25, 0.3) is 10.9 Å². The van der Waals surface area contributed by atoms with Crippen LogP contribution >= 0.6 is 0 Å². The van der Waals surface area contributed by atoms with Gasteiger partial charge in [-0.2, -0.15) is 5.10 Å². The number of anilines is 1. The van der Waals surface area contributed by atoms with Gasteiger partial charge in [-0.05, 0) is 49.7 Å². The monoisotopic (exact) mass is 390 g/mol. The molecule has 0 bridgehead atoms. The maximum Gasteiger partial charge on any atom is 0.262 e. The summed E-state index contributed by atoms with van der Waals surface area (Å²) in [6, 6.07) is 12.7. The quantitative estimate of drug-likeness (QED) is 0.363. The van der Waals surface area contributed by atoms with E-state index in [1.165, 1.54) is 0 Å². The summed E-state index contributed by atoms with van der Waals surface area (Å²) in [5, 5.41) is 4.81. The first-order valence-electron chi connectivity index (χ1n) is 9.29. The summed E-state index contributed by atoms with van der Waals surface area (Å²) in [5.74, 6) is 3.97. The van der Waals surface area contributed by atoms with Gasteiger partial charge >= 0.3 is 0 Å². The highest BCUT2D eigenvalue weighted by Gasteiger charge is 2.09. The summed E-state index contributed by atoms with van der Waals surface area (Å²) < 4.78 is 12.6. The lowest BCUT2D eigenvalue weighted by Crippen LogP contribution is -2.23. The van der Waals surface area contributed by atoms with E-state index in [0.717, 1.165) is 5.56 Å². The molecule has 0 atom stereocenters. The highest BCUT2D eigenvalue weighted by molar-refractivity contribution is 5.82. The van der Waals surface area contributed by atoms with E-state index < -0.39 is 0 Å². The van der Waals surface area contributed by atoms with Crippen LogP contribution in [0.2, 0.25) is 0 Å². The lowest BCUT2D eigenvalue weighted by molar-refractivity contribution is 0.299. The highest BCUT2D eigenvalue weighted by atomic mass is 16.5. The van der Waals surface area contributed by atoms with Gasteiger partial charge in [0, 0.05) is 6.54 Å². The van der Waals surface area contributed by atoms with Gasteiger partial charge in [0.15, 0.2) is 11.5 Å². The van der Waals surface area contributed by atoms with Crippen molar-refractivity contribution in [3.63, 3.8) is 0 Å². The first-order valence-corrected chi connectivity index (χ1v) is 9.29. The van der Waals surface area contributed by atoms with Gasteiger partial charge in [-0.15, -0.1) is 6.42 Å². The molecule has 148 valence electrons. The third-order valence-corrected chi connectivity index (χ3v) is 4.13. The Morgan fingerprint density at radius 2 is 2.03 bits per heavy atom. The minimum atomic E-state index is -0.107. The van der Waals surface area contributed by atoms with E-state index in [4.69, 9.17) is 15.9 Å². The molecule has 7 heteroatoms. The van der Waals surface area contributed by atoms with Gasteiger partial charge in [-0.25, -0.2) is 10.4 Å². The van der Waals surface area contributed by atoms with E-state index in [9.17, 15) is 4.79 Å². The number of hydrogen-bond acceptors (Lipinski definition) is 6. The Labute approximate surface area is 169 Å². The number of benzene rings is 2. The number of terminal acetylenes is 1. The van der Waals surface area contributed by atoms with Crippen LogP contribution in [0.1, 0.15) is 19.4 Å². The van der Waals surface area contributed by atoms with Gasteiger partial charge in [-0.1, -0.05) is 18.1 Å². The molecule has 0 saturated carbocycles. The Bertz CT molecular complexity index is 1130. The smallest absolute Gasteiger partial charge is 0.262 e. The molecule has 3 rings (SSSR count). The molecule has 0 spiro atoms. The predicted molar refractivity (Wildman–Crippen MR) is 115 cm³/mol. The minimum Gasteiger partial charge on any atom is -0.490 e. The summed E-state index contributed by atoms with van der Waals surface area (Å²) in [5.41, 5.74) is 4.17. The maximum absolute atomic E-state index is 12.6. The average molecular weight is 390 g/mol. The number of ether oxygens (including phenoxy) is 2. The number of hydrogen-bond donors (Lipinski definition) is 1. The summed E-state index contributed by atoms with van der Waals surface area (Å²) in [7, 11) is 0. The van der Waals surface area contributed by atoms with Gasteiger partial charge in [0.05, 0.1) is 23.7 Å². The van der Waals surface area contributed by atoms with Gasteiger partial charge in [-0.3, -0.25) is 9.36 Å². The standard InChI is InChI=1S/C22H22N4O3/c1-4-13-29-19-12-11-16(14-20(19)28-6-3)15-23-25-22-24-18-10-8-7-9-17(18)21(27)26(22)5-2/h1,7-12,14-15H,5-6,13H2,2-3H3,(H,24,25)/b23-15-. The van der Waals surface area contributed by atoms with Crippen LogP contribution in [-0.4, -0.2) is 29.0 Å². The summed E-state index contributed by atoms with van der Waals surface area (Å²) in [6.45, 7) is 4.91. The number of rotatable bonds is 8. The molecule has 0 unspecified atom stereocenters. The Kier molecular flexibility index (Phi) is 6.48. The second-order valence-corrected chi connectivity index (χ2v) is 6.00. The van der Waals surface area contributed by atoms with Gasteiger partial charge < -0.3 is 9.47 Å². The van der Waals surface area contributed by atoms with E-state index in [1.54, 1.807) is 35.0 Å². The van der Waals surface area contributed by atoms with Crippen molar-refractivity contribution >= 4 is 23.1 Å². The fraction of sp³-hybridized carbons (Fsp3) is 0.227. The summed E-state index contributed by atoms with van der Waals surface area (Å²) >= 11 is 0. The molecule has 0 aliphatic rings. The number of para-hydroxylation sites is 1.